The molecule has 0 unspecified atom stereocenters. The molecule has 1 aromatic heterocycles. The van der Waals surface area contributed by atoms with Gasteiger partial charge in [-0.1, -0.05) is 19.9 Å². The fraction of sp³-hybridized carbons (Fsp3) is 0.667. The van der Waals surface area contributed by atoms with Gasteiger partial charge in [0.05, 0.1) is 0 Å². The highest BCUT2D eigenvalue weighted by Crippen LogP contribution is 2.16. The van der Waals surface area contributed by atoms with Gasteiger partial charge in [0.15, 0.2) is 11.9 Å². The minimum absolute atomic E-state index is 0.543. The van der Waals surface area contributed by atoms with Gasteiger partial charge in [0.2, 0.25) is 0 Å². The molecule has 1 heterocycles. The van der Waals surface area contributed by atoms with Crippen LogP contribution in [0.4, 0.5) is 0 Å². The Kier molecular flexibility index (Phi) is 7.37. The Hall–Kier alpha value is -0.753. The molecule has 4 nitrogen and oxygen atoms in total. The maximum absolute atomic E-state index is 5.44. The molecule has 0 spiro atoms. The zero-order valence-electron chi connectivity index (χ0n) is 13.4. The van der Waals surface area contributed by atoms with Crippen molar-refractivity contribution in [3.63, 3.8) is 0 Å². The minimum atomic E-state index is -2.40. The molecule has 0 aliphatic rings. The lowest BCUT2D eigenvalue weighted by atomic mass is 10.1. The van der Waals surface area contributed by atoms with Crippen LogP contribution >= 0.6 is 0 Å². The molecule has 0 saturated carbocycles. The van der Waals surface area contributed by atoms with E-state index in [1.54, 1.807) is 21.3 Å². The van der Waals surface area contributed by atoms with Gasteiger partial charge in [0.25, 0.3) is 0 Å². The van der Waals surface area contributed by atoms with Crippen LogP contribution in [0.1, 0.15) is 38.3 Å². The normalized spacial score (nSPS) is 12.1. The zero-order valence-corrected chi connectivity index (χ0v) is 14.4. The number of hydrogen-bond donors (Lipinski definition) is 0. The van der Waals surface area contributed by atoms with E-state index in [2.05, 4.69) is 42.8 Å². The van der Waals surface area contributed by atoms with Gasteiger partial charge in [-0.25, -0.2) is 4.57 Å². The first-order valence-corrected chi connectivity index (χ1v) is 9.15. The molecular weight excluding hydrogens is 270 g/mol. The number of aromatic nitrogens is 1. The quantitative estimate of drug-likeness (QED) is 0.399. The number of pyridine rings is 1. The molecule has 0 bridgehead atoms. The predicted molar refractivity (Wildman–Crippen MR) is 81.5 cm³/mol. The highest BCUT2D eigenvalue weighted by Gasteiger charge is 2.36. The number of rotatable bonds is 9. The maximum atomic E-state index is 5.44. The molecule has 0 amide bonds. The zero-order chi connectivity index (χ0) is 15.0. The van der Waals surface area contributed by atoms with Crippen molar-refractivity contribution in [2.75, 3.05) is 21.3 Å². The fourth-order valence-electron chi connectivity index (χ4n) is 2.40. The van der Waals surface area contributed by atoms with Crippen LogP contribution in [0, 0.1) is 0 Å². The van der Waals surface area contributed by atoms with Crippen LogP contribution in [0.2, 0.25) is 6.04 Å². The van der Waals surface area contributed by atoms with Crippen LogP contribution in [0.5, 0.6) is 0 Å². The Balaban J connectivity index is 2.49. The third kappa shape index (κ3) is 4.66. The molecule has 0 aromatic carbocycles. The standard InChI is InChI=1S/C15H28NO3Si/c1-14(2)15-10-6-7-11-16(15)12-8-9-13-20(17-3,18-4)19-5/h6-7,10-11,14H,8-9,12-13H2,1-5H3/q+1. The van der Waals surface area contributed by atoms with Gasteiger partial charge in [-0.2, -0.15) is 0 Å². The first kappa shape index (κ1) is 17.3. The Morgan fingerprint density at radius 1 is 1.05 bits per heavy atom. The lowest BCUT2D eigenvalue weighted by Gasteiger charge is -2.23. The summed E-state index contributed by atoms with van der Waals surface area (Å²) in [4.78, 5) is 0. The van der Waals surface area contributed by atoms with E-state index in [9.17, 15) is 0 Å². The van der Waals surface area contributed by atoms with Crippen molar-refractivity contribution in [3.05, 3.63) is 30.1 Å². The van der Waals surface area contributed by atoms with E-state index in [1.165, 1.54) is 5.69 Å². The largest absolute Gasteiger partial charge is 0.500 e. The van der Waals surface area contributed by atoms with E-state index in [-0.39, 0.29) is 0 Å². The summed E-state index contributed by atoms with van der Waals surface area (Å²) in [6.07, 6.45) is 4.30. The summed E-state index contributed by atoms with van der Waals surface area (Å²) in [5.41, 5.74) is 1.38. The molecule has 0 atom stereocenters. The van der Waals surface area contributed by atoms with Gasteiger partial charge in [-0.15, -0.1) is 0 Å². The van der Waals surface area contributed by atoms with E-state index in [1.807, 2.05) is 0 Å². The van der Waals surface area contributed by atoms with E-state index in [4.69, 9.17) is 13.3 Å². The summed E-state index contributed by atoms with van der Waals surface area (Å²) >= 11 is 0. The third-order valence-corrected chi connectivity index (χ3v) is 6.46. The lowest BCUT2D eigenvalue weighted by molar-refractivity contribution is -0.705. The van der Waals surface area contributed by atoms with Crippen LogP contribution < -0.4 is 4.57 Å². The summed E-state index contributed by atoms with van der Waals surface area (Å²) in [6, 6.07) is 7.25. The molecule has 5 heteroatoms. The minimum Gasteiger partial charge on any atom is -0.377 e. The van der Waals surface area contributed by atoms with Crippen molar-refractivity contribution in [1.82, 2.24) is 0 Å². The summed E-state index contributed by atoms with van der Waals surface area (Å²) in [7, 11) is 2.61. The SMILES string of the molecule is CO[Si](CCCC[n+]1ccccc1C(C)C)(OC)OC. The second-order valence-corrected chi connectivity index (χ2v) is 8.32. The van der Waals surface area contributed by atoms with Crippen LogP contribution in [-0.4, -0.2) is 30.1 Å². The Labute approximate surface area is 124 Å². The topological polar surface area (TPSA) is 31.6 Å². The van der Waals surface area contributed by atoms with Crippen molar-refractivity contribution in [3.8, 4) is 0 Å². The fourth-order valence-corrected chi connectivity index (χ4v) is 4.19. The van der Waals surface area contributed by atoms with Crippen LogP contribution in [0.3, 0.4) is 0 Å². The van der Waals surface area contributed by atoms with Gasteiger partial charge in [0.1, 0.15) is 6.54 Å². The van der Waals surface area contributed by atoms with Crippen LogP contribution in [0.25, 0.3) is 0 Å². The average Bonchev–Trinajstić information content (AvgIpc) is 2.48. The second-order valence-electron chi connectivity index (χ2n) is 5.23. The predicted octanol–water partition coefficient (Wildman–Crippen LogP) is 2.76. The van der Waals surface area contributed by atoms with Gasteiger partial charge in [-0.05, 0) is 6.42 Å². The van der Waals surface area contributed by atoms with Gasteiger partial charge in [0, 0.05) is 51.8 Å². The van der Waals surface area contributed by atoms with Crippen molar-refractivity contribution >= 4 is 8.80 Å². The van der Waals surface area contributed by atoms with E-state index in [0.717, 1.165) is 25.4 Å². The Morgan fingerprint density at radius 2 is 1.70 bits per heavy atom. The number of unbranched alkanes of at least 4 members (excludes halogenated alkanes) is 1. The molecule has 114 valence electrons. The van der Waals surface area contributed by atoms with Crippen molar-refractivity contribution < 1.29 is 17.8 Å². The lowest BCUT2D eigenvalue weighted by Crippen LogP contribution is -2.43. The van der Waals surface area contributed by atoms with Crippen molar-refractivity contribution in [1.29, 1.82) is 0 Å². The first-order chi connectivity index (χ1) is 9.58. The maximum Gasteiger partial charge on any atom is 0.500 e. The molecule has 0 aliphatic carbocycles. The molecule has 1 aromatic rings. The molecule has 0 radical (unpaired) electrons. The molecule has 0 aliphatic heterocycles. The van der Waals surface area contributed by atoms with Crippen LogP contribution in [0.15, 0.2) is 24.4 Å². The summed E-state index contributed by atoms with van der Waals surface area (Å²) in [5.74, 6) is 0.543. The third-order valence-electron chi connectivity index (χ3n) is 3.63. The highest BCUT2D eigenvalue weighted by molar-refractivity contribution is 6.60. The Bertz CT molecular complexity index is 386. The van der Waals surface area contributed by atoms with E-state index < -0.39 is 8.80 Å². The molecule has 20 heavy (non-hydrogen) atoms. The summed E-state index contributed by atoms with van der Waals surface area (Å²) in [5, 5.41) is 0. The first-order valence-electron chi connectivity index (χ1n) is 7.22. The molecular formula is C15H28NO3Si+. The van der Waals surface area contributed by atoms with Crippen LogP contribution in [-0.2, 0) is 19.8 Å². The number of hydrogen-bond acceptors (Lipinski definition) is 3. The monoisotopic (exact) mass is 298 g/mol. The molecule has 0 fully saturated rings. The van der Waals surface area contributed by atoms with Gasteiger partial charge in [-0.3, -0.25) is 0 Å². The van der Waals surface area contributed by atoms with E-state index >= 15 is 0 Å². The van der Waals surface area contributed by atoms with Crippen molar-refractivity contribution in [2.45, 2.75) is 45.2 Å². The van der Waals surface area contributed by atoms with Gasteiger partial charge >= 0.3 is 8.80 Å². The highest BCUT2D eigenvalue weighted by atomic mass is 28.4. The average molecular weight is 298 g/mol. The molecule has 1 rings (SSSR count). The second kappa shape index (κ2) is 8.52. The number of aryl methyl sites for hydroxylation is 1. The van der Waals surface area contributed by atoms with E-state index in [0.29, 0.717) is 5.92 Å². The number of nitrogens with zero attached hydrogens (tertiary/aromatic N) is 1. The van der Waals surface area contributed by atoms with Crippen molar-refractivity contribution in [2.24, 2.45) is 0 Å². The summed E-state index contributed by atoms with van der Waals surface area (Å²) < 4.78 is 18.6. The van der Waals surface area contributed by atoms with Gasteiger partial charge < -0.3 is 13.3 Å². The molecule has 0 saturated heterocycles. The smallest absolute Gasteiger partial charge is 0.377 e. The molecule has 0 N–H and O–H groups in total. The Morgan fingerprint density at radius 3 is 2.25 bits per heavy atom. The summed E-state index contributed by atoms with van der Waals surface area (Å²) in [6.45, 7) is 5.48.